The monoisotopic (exact) mass is 254 g/mol. The normalized spacial score (nSPS) is 30.5. The number of nitrogens with zero attached hydrogens (tertiary/aromatic N) is 1. The highest BCUT2D eigenvalue weighted by Crippen LogP contribution is 2.34. The molecule has 1 aliphatic rings. The van der Waals surface area contributed by atoms with Gasteiger partial charge in [-0.3, -0.25) is 4.90 Å². The van der Waals surface area contributed by atoms with Crippen molar-refractivity contribution in [3.05, 3.63) is 0 Å². The SMILES string of the molecule is CCC(N)C(N1CCC(C)C1CO)C(F)(F)F. The van der Waals surface area contributed by atoms with E-state index in [2.05, 4.69) is 0 Å². The Kier molecular flexibility index (Phi) is 4.80. The minimum atomic E-state index is -4.34. The molecule has 0 aromatic heterocycles. The molecule has 0 saturated carbocycles. The summed E-state index contributed by atoms with van der Waals surface area (Å²) in [7, 11) is 0. The summed E-state index contributed by atoms with van der Waals surface area (Å²) in [4.78, 5) is 1.33. The van der Waals surface area contributed by atoms with Crippen LogP contribution in [-0.4, -0.2) is 47.5 Å². The van der Waals surface area contributed by atoms with Gasteiger partial charge in [-0.1, -0.05) is 13.8 Å². The standard InChI is InChI=1S/C11H21F3N2O/c1-3-8(15)10(11(12,13)14)16-5-4-7(2)9(16)6-17/h7-10,17H,3-6,15H2,1-2H3. The first-order chi connectivity index (χ1) is 7.82. The molecular weight excluding hydrogens is 233 g/mol. The van der Waals surface area contributed by atoms with E-state index in [4.69, 9.17) is 5.73 Å². The number of halogens is 3. The summed E-state index contributed by atoms with van der Waals surface area (Å²) in [5, 5.41) is 9.23. The molecule has 0 aromatic rings. The number of hydrogen-bond donors (Lipinski definition) is 2. The average Bonchev–Trinajstić information content (AvgIpc) is 2.57. The van der Waals surface area contributed by atoms with Crippen molar-refractivity contribution >= 4 is 0 Å². The Bertz CT molecular complexity index is 247. The first kappa shape index (κ1) is 14.7. The summed E-state index contributed by atoms with van der Waals surface area (Å²) in [5.41, 5.74) is 5.60. The molecule has 1 aliphatic heterocycles. The minimum Gasteiger partial charge on any atom is -0.395 e. The molecule has 1 fully saturated rings. The molecule has 0 amide bonds. The highest BCUT2D eigenvalue weighted by atomic mass is 19.4. The second kappa shape index (κ2) is 5.54. The largest absolute Gasteiger partial charge is 0.405 e. The van der Waals surface area contributed by atoms with Gasteiger partial charge in [-0.25, -0.2) is 0 Å². The van der Waals surface area contributed by atoms with Crippen LogP contribution in [0.25, 0.3) is 0 Å². The predicted octanol–water partition coefficient (Wildman–Crippen LogP) is 1.36. The van der Waals surface area contributed by atoms with Crippen molar-refractivity contribution in [2.24, 2.45) is 11.7 Å². The Labute approximate surface area is 99.8 Å². The lowest BCUT2D eigenvalue weighted by Gasteiger charge is -2.37. The van der Waals surface area contributed by atoms with Crippen LogP contribution in [0.3, 0.4) is 0 Å². The van der Waals surface area contributed by atoms with Crippen molar-refractivity contribution in [2.75, 3.05) is 13.2 Å². The molecule has 1 saturated heterocycles. The zero-order valence-electron chi connectivity index (χ0n) is 10.2. The molecule has 3 N–H and O–H groups in total. The number of rotatable bonds is 4. The van der Waals surface area contributed by atoms with Crippen LogP contribution in [0.2, 0.25) is 0 Å². The lowest BCUT2D eigenvalue weighted by atomic mass is 10.00. The molecule has 4 unspecified atom stereocenters. The van der Waals surface area contributed by atoms with E-state index in [9.17, 15) is 18.3 Å². The van der Waals surface area contributed by atoms with Crippen LogP contribution in [0, 0.1) is 5.92 Å². The van der Waals surface area contributed by atoms with Crippen LogP contribution in [0.15, 0.2) is 0 Å². The summed E-state index contributed by atoms with van der Waals surface area (Å²) < 4.78 is 39.1. The number of alkyl halides is 3. The van der Waals surface area contributed by atoms with Gasteiger partial charge in [-0.15, -0.1) is 0 Å². The molecule has 0 radical (unpaired) electrons. The first-order valence-electron chi connectivity index (χ1n) is 6.01. The van der Waals surface area contributed by atoms with E-state index in [1.807, 2.05) is 6.92 Å². The van der Waals surface area contributed by atoms with E-state index in [0.29, 0.717) is 13.0 Å². The summed E-state index contributed by atoms with van der Waals surface area (Å²) in [6.45, 7) is 3.62. The van der Waals surface area contributed by atoms with Crippen molar-refractivity contribution in [3.63, 3.8) is 0 Å². The third kappa shape index (κ3) is 3.11. The van der Waals surface area contributed by atoms with Gasteiger partial charge in [-0.2, -0.15) is 13.2 Å². The first-order valence-corrected chi connectivity index (χ1v) is 6.01. The fourth-order valence-electron chi connectivity index (χ4n) is 2.57. The van der Waals surface area contributed by atoms with E-state index >= 15 is 0 Å². The van der Waals surface area contributed by atoms with E-state index in [1.54, 1.807) is 6.92 Å². The van der Waals surface area contributed by atoms with Crippen LogP contribution >= 0.6 is 0 Å². The maximum atomic E-state index is 13.0. The molecule has 102 valence electrons. The molecule has 0 aromatic carbocycles. The maximum Gasteiger partial charge on any atom is 0.405 e. The molecule has 1 rings (SSSR count). The molecule has 3 nitrogen and oxygen atoms in total. The number of hydrogen-bond acceptors (Lipinski definition) is 3. The van der Waals surface area contributed by atoms with Gasteiger partial charge in [0.2, 0.25) is 0 Å². The quantitative estimate of drug-likeness (QED) is 0.796. The molecular formula is C11H21F3N2O. The van der Waals surface area contributed by atoms with E-state index in [0.717, 1.165) is 0 Å². The van der Waals surface area contributed by atoms with E-state index in [1.165, 1.54) is 4.90 Å². The van der Waals surface area contributed by atoms with Crippen LogP contribution in [0.1, 0.15) is 26.7 Å². The Morgan fingerprint density at radius 1 is 1.47 bits per heavy atom. The third-order valence-electron chi connectivity index (χ3n) is 3.68. The topological polar surface area (TPSA) is 49.5 Å². The van der Waals surface area contributed by atoms with Gasteiger partial charge >= 0.3 is 6.18 Å². The van der Waals surface area contributed by atoms with Gasteiger partial charge in [0.1, 0.15) is 6.04 Å². The molecule has 0 bridgehead atoms. The van der Waals surface area contributed by atoms with Crippen molar-refractivity contribution < 1.29 is 18.3 Å². The second-order valence-corrected chi connectivity index (χ2v) is 4.81. The highest BCUT2D eigenvalue weighted by Gasteiger charge is 2.50. The van der Waals surface area contributed by atoms with Gasteiger partial charge in [0.25, 0.3) is 0 Å². The van der Waals surface area contributed by atoms with Crippen molar-refractivity contribution in [3.8, 4) is 0 Å². The van der Waals surface area contributed by atoms with Gasteiger partial charge in [0, 0.05) is 12.1 Å². The molecule has 0 spiro atoms. The fraction of sp³-hybridized carbons (Fsp3) is 1.00. The summed E-state index contributed by atoms with van der Waals surface area (Å²) in [5.74, 6) is 0.0777. The Morgan fingerprint density at radius 2 is 2.06 bits per heavy atom. The van der Waals surface area contributed by atoms with Crippen LogP contribution in [-0.2, 0) is 0 Å². The van der Waals surface area contributed by atoms with E-state index in [-0.39, 0.29) is 18.9 Å². The predicted molar refractivity (Wildman–Crippen MR) is 59.5 cm³/mol. The van der Waals surface area contributed by atoms with E-state index < -0.39 is 24.3 Å². The van der Waals surface area contributed by atoms with Gasteiger partial charge in [-0.05, 0) is 25.3 Å². The number of nitrogens with two attached hydrogens (primary N) is 1. The maximum absolute atomic E-state index is 13.0. The number of aliphatic hydroxyl groups is 1. The molecule has 17 heavy (non-hydrogen) atoms. The number of aliphatic hydroxyl groups excluding tert-OH is 1. The highest BCUT2D eigenvalue weighted by molar-refractivity contribution is 4.95. The average molecular weight is 254 g/mol. The van der Waals surface area contributed by atoms with Crippen molar-refractivity contribution in [1.29, 1.82) is 0 Å². The zero-order valence-corrected chi connectivity index (χ0v) is 10.2. The Morgan fingerprint density at radius 3 is 2.47 bits per heavy atom. The molecule has 0 aliphatic carbocycles. The van der Waals surface area contributed by atoms with Gasteiger partial charge in [0.05, 0.1) is 6.61 Å². The molecule has 4 atom stereocenters. The minimum absolute atomic E-state index is 0.0777. The van der Waals surface area contributed by atoms with Crippen LogP contribution < -0.4 is 5.73 Å². The second-order valence-electron chi connectivity index (χ2n) is 4.81. The Hall–Kier alpha value is -0.330. The smallest absolute Gasteiger partial charge is 0.395 e. The summed E-state index contributed by atoms with van der Waals surface area (Å²) in [6.07, 6.45) is -3.39. The summed E-state index contributed by atoms with van der Waals surface area (Å²) in [6, 6.07) is -3.01. The van der Waals surface area contributed by atoms with Crippen LogP contribution in [0.5, 0.6) is 0 Å². The Balaban J connectivity index is 2.91. The lowest BCUT2D eigenvalue weighted by molar-refractivity contribution is -0.193. The number of likely N-dealkylation sites (tertiary alicyclic amines) is 1. The lowest BCUT2D eigenvalue weighted by Crippen LogP contribution is -2.58. The molecule has 1 heterocycles. The summed E-state index contributed by atoms with van der Waals surface area (Å²) >= 11 is 0. The van der Waals surface area contributed by atoms with Crippen LogP contribution in [0.4, 0.5) is 13.2 Å². The van der Waals surface area contributed by atoms with Gasteiger partial charge < -0.3 is 10.8 Å². The van der Waals surface area contributed by atoms with Gasteiger partial charge in [0.15, 0.2) is 0 Å². The molecule has 6 heteroatoms. The van der Waals surface area contributed by atoms with Crippen molar-refractivity contribution in [1.82, 2.24) is 4.90 Å². The van der Waals surface area contributed by atoms with Crippen molar-refractivity contribution in [2.45, 2.75) is 51.0 Å². The third-order valence-corrected chi connectivity index (χ3v) is 3.68. The zero-order chi connectivity index (χ0) is 13.2. The fourth-order valence-corrected chi connectivity index (χ4v) is 2.57.